The van der Waals surface area contributed by atoms with Crippen molar-refractivity contribution in [3.05, 3.63) is 86.1 Å². The molecule has 0 saturated carbocycles. The molecule has 1 aliphatic carbocycles. The van der Waals surface area contributed by atoms with Gasteiger partial charge in [-0.3, -0.25) is 4.79 Å². The van der Waals surface area contributed by atoms with E-state index in [1.54, 1.807) is 0 Å². The summed E-state index contributed by atoms with van der Waals surface area (Å²) in [4.78, 5) is 27.4. The van der Waals surface area contributed by atoms with Crippen molar-refractivity contribution in [3.63, 3.8) is 0 Å². The molecule has 7 heteroatoms. The van der Waals surface area contributed by atoms with Gasteiger partial charge < -0.3 is 10.1 Å². The highest BCUT2D eigenvalue weighted by Crippen LogP contribution is 2.43. The van der Waals surface area contributed by atoms with Gasteiger partial charge in [0, 0.05) is 15.0 Å². The molecule has 1 aliphatic rings. The van der Waals surface area contributed by atoms with Gasteiger partial charge in [-0.05, 0) is 42.4 Å². The lowest BCUT2D eigenvalue weighted by Crippen LogP contribution is -2.16. The van der Waals surface area contributed by atoms with Gasteiger partial charge in [-0.15, -0.1) is 22.7 Å². The number of anilines is 1. The highest BCUT2D eigenvalue weighted by molar-refractivity contribution is 7.22. The Hall–Kier alpha value is -2.67. The van der Waals surface area contributed by atoms with Gasteiger partial charge in [0.2, 0.25) is 0 Å². The molecule has 4 aromatic rings. The van der Waals surface area contributed by atoms with Crippen LogP contribution in [0.2, 0.25) is 5.02 Å². The molecular weight excluding hydrogens is 462 g/mol. The molecule has 2 heterocycles. The summed E-state index contributed by atoms with van der Waals surface area (Å²) in [6.07, 6.45) is 2.57. The van der Waals surface area contributed by atoms with E-state index in [1.165, 1.54) is 35.3 Å². The van der Waals surface area contributed by atoms with E-state index in [0.717, 1.165) is 39.8 Å². The smallest absolute Gasteiger partial charge is 0.341 e. The van der Waals surface area contributed by atoms with Crippen molar-refractivity contribution in [3.8, 4) is 0 Å². The first-order chi connectivity index (χ1) is 15.6. The zero-order chi connectivity index (χ0) is 22.2. The van der Waals surface area contributed by atoms with Crippen molar-refractivity contribution in [2.75, 3.05) is 12.4 Å². The van der Waals surface area contributed by atoms with Gasteiger partial charge in [0.15, 0.2) is 0 Å². The summed E-state index contributed by atoms with van der Waals surface area (Å²) >= 11 is 9.31. The molecule has 5 rings (SSSR count). The summed E-state index contributed by atoms with van der Waals surface area (Å²) in [5.41, 5.74) is 2.77. The highest BCUT2D eigenvalue weighted by Gasteiger charge is 2.31. The summed E-state index contributed by atoms with van der Waals surface area (Å²) in [7, 11) is 1.37. The zero-order valence-electron chi connectivity index (χ0n) is 17.3. The van der Waals surface area contributed by atoms with Crippen molar-refractivity contribution >= 4 is 61.2 Å². The van der Waals surface area contributed by atoms with Crippen molar-refractivity contribution in [1.82, 2.24) is 0 Å². The fraction of sp³-hybridized carbons (Fsp3) is 0.200. The average molecular weight is 482 g/mol. The van der Waals surface area contributed by atoms with Crippen LogP contribution in [-0.2, 0) is 17.6 Å². The lowest BCUT2D eigenvalue weighted by molar-refractivity contribution is 0.0601. The first-order valence-corrected chi connectivity index (χ1v) is 12.3. The third-order valence-electron chi connectivity index (χ3n) is 5.89. The fourth-order valence-electron chi connectivity index (χ4n) is 4.32. The molecule has 2 aromatic carbocycles. The Labute approximate surface area is 198 Å². The number of thiophene rings is 2. The van der Waals surface area contributed by atoms with E-state index in [-0.39, 0.29) is 5.91 Å². The monoisotopic (exact) mass is 481 g/mol. The average Bonchev–Trinajstić information content (AvgIpc) is 3.36. The zero-order valence-corrected chi connectivity index (χ0v) is 19.7. The number of rotatable bonds is 4. The van der Waals surface area contributed by atoms with E-state index in [2.05, 4.69) is 29.6 Å². The predicted octanol–water partition coefficient (Wildman–Crippen LogP) is 6.93. The molecule has 4 nitrogen and oxygen atoms in total. The van der Waals surface area contributed by atoms with Gasteiger partial charge in [-0.2, -0.15) is 0 Å². The van der Waals surface area contributed by atoms with Crippen LogP contribution in [0.15, 0.2) is 54.6 Å². The standard InChI is InChI=1S/C25H20ClNO3S2/c1-30-25(29)20-16-12-11-15(14-7-3-2-4-8-14)13-19(16)32-24(20)27-23(28)22-21(26)17-9-5-6-10-18(17)31-22/h2-10,15H,11-13H2,1H3,(H,27,28)/t15-/m1/s1. The van der Waals surface area contributed by atoms with E-state index < -0.39 is 5.97 Å². The molecular formula is C25H20ClNO3S2. The van der Waals surface area contributed by atoms with E-state index in [9.17, 15) is 9.59 Å². The number of halogens is 1. The third-order valence-corrected chi connectivity index (χ3v) is 8.74. The number of fused-ring (bicyclic) bond motifs is 2. The molecule has 0 fully saturated rings. The van der Waals surface area contributed by atoms with Crippen LogP contribution in [0.4, 0.5) is 5.00 Å². The molecule has 32 heavy (non-hydrogen) atoms. The Morgan fingerprint density at radius 2 is 1.81 bits per heavy atom. The summed E-state index contributed by atoms with van der Waals surface area (Å²) in [6.45, 7) is 0. The summed E-state index contributed by atoms with van der Waals surface area (Å²) in [5.74, 6) is -0.327. The second kappa shape index (κ2) is 8.70. The minimum absolute atomic E-state index is 0.306. The second-order valence-electron chi connectivity index (χ2n) is 7.75. The number of benzene rings is 2. The van der Waals surface area contributed by atoms with Gasteiger partial charge in [-0.25, -0.2) is 4.79 Å². The summed E-state index contributed by atoms with van der Waals surface area (Å²) in [6, 6.07) is 18.1. The number of hydrogen-bond donors (Lipinski definition) is 1. The van der Waals surface area contributed by atoms with Gasteiger partial charge in [0.1, 0.15) is 9.88 Å². The van der Waals surface area contributed by atoms with Crippen LogP contribution in [0.5, 0.6) is 0 Å². The maximum Gasteiger partial charge on any atom is 0.341 e. The number of ether oxygens (including phenoxy) is 1. The van der Waals surface area contributed by atoms with Gasteiger partial charge >= 0.3 is 5.97 Å². The van der Waals surface area contributed by atoms with Crippen LogP contribution >= 0.6 is 34.3 Å². The Kier molecular flexibility index (Phi) is 5.76. The molecule has 1 atom stereocenters. The Morgan fingerprint density at radius 3 is 2.56 bits per heavy atom. The lowest BCUT2D eigenvalue weighted by atomic mass is 9.83. The van der Waals surface area contributed by atoms with Crippen molar-refractivity contribution in [2.24, 2.45) is 0 Å². The van der Waals surface area contributed by atoms with Gasteiger partial charge in [0.25, 0.3) is 5.91 Å². The maximum atomic E-state index is 13.1. The van der Waals surface area contributed by atoms with Gasteiger partial charge in [-0.1, -0.05) is 60.1 Å². The quantitative estimate of drug-likeness (QED) is 0.321. The number of amides is 1. The minimum atomic E-state index is -0.418. The molecule has 162 valence electrons. The van der Waals surface area contributed by atoms with E-state index in [1.807, 2.05) is 30.3 Å². The number of nitrogens with one attached hydrogen (secondary N) is 1. The Morgan fingerprint density at radius 1 is 1.06 bits per heavy atom. The molecule has 0 saturated heterocycles. The first kappa shape index (κ1) is 21.2. The first-order valence-electron chi connectivity index (χ1n) is 10.3. The molecule has 0 unspecified atom stereocenters. The molecule has 0 aliphatic heterocycles. The fourth-order valence-corrected chi connectivity index (χ4v) is 7.04. The highest BCUT2D eigenvalue weighted by atomic mass is 35.5. The van der Waals surface area contributed by atoms with Crippen LogP contribution in [0, 0.1) is 0 Å². The van der Waals surface area contributed by atoms with Crippen LogP contribution in [0.1, 0.15) is 48.4 Å². The molecule has 1 N–H and O–H groups in total. The van der Waals surface area contributed by atoms with Crippen LogP contribution < -0.4 is 5.32 Å². The summed E-state index contributed by atoms with van der Waals surface area (Å²) in [5, 5.41) is 4.79. The molecule has 1 amide bonds. The molecule has 0 radical (unpaired) electrons. The molecule has 2 aromatic heterocycles. The number of carbonyl (C=O) groups is 2. The lowest BCUT2D eigenvalue weighted by Gasteiger charge is -2.22. The molecule has 0 bridgehead atoms. The maximum absolute atomic E-state index is 13.1. The Balaban J connectivity index is 1.48. The predicted molar refractivity (Wildman–Crippen MR) is 132 cm³/mol. The van der Waals surface area contributed by atoms with Crippen LogP contribution in [0.3, 0.4) is 0 Å². The number of methoxy groups -OCH3 is 1. The van der Waals surface area contributed by atoms with Crippen molar-refractivity contribution < 1.29 is 14.3 Å². The Bertz CT molecular complexity index is 1330. The van der Waals surface area contributed by atoms with Crippen molar-refractivity contribution in [1.29, 1.82) is 0 Å². The van der Waals surface area contributed by atoms with E-state index in [4.69, 9.17) is 16.3 Å². The van der Waals surface area contributed by atoms with Crippen molar-refractivity contribution in [2.45, 2.75) is 25.2 Å². The number of hydrogen-bond acceptors (Lipinski definition) is 5. The van der Waals surface area contributed by atoms with E-state index >= 15 is 0 Å². The topological polar surface area (TPSA) is 55.4 Å². The van der Waals surface area contributed by atoms with Gasteiger partial charge in [0.05, 0.1) is 17.7 Å². The summed E-state index contributed by atoms with van der Waals surface area (Å²) < 4.78 is 6.02. The SMILES string of the molecule is COC(=O)c1c(NC(=O)c2sc3ccccc3c2Cl)sc2c1CC[C@@H](c1ccccc1)C2. The molecule has 0 spiro atoms. The third kappa shape index (κ3) is 3.72. The number of esters is 1. The minimum Gasteiger partial charge on any atom is -0.465 e. The normalized spacial score (nSPS) is 15.4. The largest absolute Gasteiger partial charge is 0.465 e. The van der Waals surface area contributed by atoms with Crippen LogP contribution in [0.25, 0.3) is 10.1 Å². The second-order valence-corrected chi connectivity index (χ2v) is 10.3. The van der Waals surface area contributed by atoms with E-state index in [0.29, 0.717) is 26.4 Å². The van der Waals surface area contributed by atoms with Crippen LogP contribution in [-0.4, -0.2) is 19.0 Å². The number of carbonyl (C=O) groups excluding carboxylic acids is 2.